The van der Waals surface area contributed by atoms with Crippen molar-refractivity contribution < 1.29 is 19.4 Å². The average Bonchev–Trinajstić information content (AvgIpc) is 2.66. The molecule has 0 spiro atoms. The highest BCUT2D eigenvalue weighted by molar-refractivity contribution is 5.81. The second kappa shape index (κ2) is 5.67. The maximum Gasteiger partial charge on any atom is 0.248 e. The van der Waals surface area contributed by atoms with E-state index in [0.29, 0.717) is 6.61 Å². The van der Waals surface area contributed by atoms with Crippen LogP contribution < -0.4 is 11.1 Å². The number of amides is 2. The van der Waals surface area contributed by atoms with Gasteiger partial charge in [0.25, 0.3) is 0 Å². The minimum absolute atomic E-state index is 0.0317. The summed E-state index contributed by atoms with van der Waals surface area (Å²) in [4.78, 5) is 21.7. The van der Waals surface area contributed by atoms with Crippen molar-refractivity contribution in [2.45, 2.75) is 31.5 Å². The Kier molecular flexibility index (Phi) is 4.51. The largest absolute Gasteiger partial charge is 0.381 e. The summed E-state index contributed by atoms with van der Waals surface area (Å²) in [7, 11) is 0. The van der Waals surface area contributed by atoms with Crippen molar-refractivity contribution >= 4 is 11.8 Å². The number of carbonyl (C=O) groups is 2. The number of primary amides is 1. The summed E-state index contributed by atoms with van der Waals surface area (Å²) in [5, 5.41) is 11.4. The SMILES string of the molecule is NC(=O)C(O)CNC(=O)CC1CCCO1. The van der Waals surface area contributed by atoms with Crippen molar-refractivity contribution in [1.82, 2.24) is 5.32 Å². The van der Waals surface area contributed by atoms with E-state index in [-0.39, 0.29) is 25.0 Å². The van der Waals surface area contributed by atoms with Crippen LogP contribution in [0.25, 0.3) is 0 Å². The maximum atomic E-state index is 11.3. The van der Waals surface area contributed by atoms with Gasteiger partial charge in [-0.25, -0.2) is 0 Å². The van der Waals surface area contributed by atoms with Gasteiger partial charge in [0.05, 0.1) is 19.1 Å². The molecule has 1 fully saturated rings. The van der Waals surface area contributed by atoms with Crippen LogP contribution in [-0.2, 0) is 14.3 Å². The first kappa shape index (κ1) is 11.9. The fraction of sp³-hybridized carbons (Fsp3) is 0.778. The van der Waals surface area contributed by atoms with Gasteiger partial charge in [-0.2, -0.15) is 0 Å². The van der Waals surface area contributed by atoms with Gasteiger partial charge in [-0.3, -0.25) is 9.59 Å². The molecule has 1 rings (SSSR count). The Morgan fingerprint density at radius 1 is 1.60 bits per heavy atom. The molecule has 6 nitrogen and oxygen atoms in total. The smallest absolute Gasteiger partial charge is 0.248 e. The third-order valence-corrected chi connectivity index (χ3v) is 2.26. The van der Waals surface area contributed by atoms with Crippen LogP contribution in [0.4, 0.5) is 0 Å². The first-order valence-electron chi connectivity index (χ1n) is 4.95. The molecule has 0 bridgehead atoms. The van der Waals surface area contributed by atoms with E-state index < -0.39 is 12.0 Å². The Morgan fingerprint density at radius 2 is 2.33 bits per heavy atom. The summed E-state index contributed by atoms with van der Waals surface area (Å²) in [5.41, 5.74) is 4.82. The molecule has 6 heteroatoms. The summed E-state index contributed by atoms with van der Waals surface area (Å²) in [6.45, 7) is 0.558. The highest BCUT2D eigenvalue weighted by atomic mass is 16.5. The van der Waals surface area contributed by atoms with Crippen LogP contribution >= 0.6 is 0 Å². The monoisotopic (exact) mass is 216 g/mol. The normalized spacial score (nSPS) is 22.3. The summed E-state index contributed by atoms with van der Waals surface area (Å²) < 4.78 is 5.26. The number of rotatable bonds is 5. The molecule has 2 atom stereocenters. The molecule has 1 heterocycles. The number of carbonyl (C=O) groups excluding carboxylic acids is 2. The molecule has 2 unspecified atom stereocenters. The van der Waals surface area contributed by atoms with Crippen LogP contribution in [-0.4, -0.2) is 42.3 Å². The van der Waals surface area contributed by atoms with E-state index in [1.54, 1.807) is 0 Å². The summed E-state index contributed by atoms with van der Waals surface area (Å²) in [6, 6.07) is 0. The van der Waals surface area contributed by atoms with Gasteiger partial charge < -0.3 is 20.9 Å². The van der Waals surface area contributed by atoms with Crippen LogP contribution in [0.1, 0.15) is 19.3 Å². The van der Waals surface area contributed by atoms with Gasteiger partial charge in [-0.15, -0.1) is 0 Å². The Bertz CT molecular complexity index is 238. The highest BCUT2D eigenvalue weighted by Gasteiger charge is 2.19. The summed E-state index contributed by atoms with van der Waals surface area (Å²) >= 11 is 0. The van der Waals surface area contributed by atoms with Crippen molar-refractivity contribution in [3.8, 4) is 0 Å². The second-order valence-electron chi connectivity index (χ2n) is 3.56. The fourth-order valence-electron chi connectivity index (χ4n) is 1.40. The molecule has 0 aromatic heterocycles. The molecule has 0 aromatic carbocycles. The van der Waals surface area contributed by atoms with E-state index in [4.69, 9.17) is 15.6 Å². The Morgan fingerprint density at radius 3 is 2.87 bits per heavy atom. The van der Waals surface area contributed by atoms with E-state index in [2.05, 4.69) is 5.32 Å². The van der Waals surface area contributed by atoms with Gasteiger partial charge in [-0.1, -0.05) is 0 Å². The van der Waals surface area contributed by atoms with Gasteiger partial charge in [0.15, 0.2) is 0 Å². The minimum Gasteiger partial charge on any atom is -0.381 e. The van der Waals surface area contributed by atoms with Gasteiger partial charge in [-0.05, 0) is 12.8 Å². The molecule has 0 radical (unpaired) electrons. The quantitative estimate of drug-likeness (QED) is 0.521. The number of aliphatic hydroxyl groups is 1. The molecule has 1 aliphatic heterocycles. The summed E-state index contributed by atoms with van der Waals surface area (Å²) in [5.74, 6) is -1.07. The number of ether oxygens (including phenoxy) is 1. The Balaban J connectivity index is 2.15. The maximum absolute atomic E-state index is 11.3. The van der Waals surface area contributed by atoms with Crippen LogP contribution in [0.3, 0.4) is 0 Å². The third-order valence-electron chi connectivity index (χ3n) is 2.26. The zero-order valence-electron chi connectivity index (χ0n) is 8.44. The van der Waals surface area contributed by atoms with Crippen LogP contribution in [0.15, 0.2) is 0 Å². The number of aliphatic hydroxyl groups excluding tert-OH is 1. The number of hydrogen-bond donors (Lipinski definition) is 3. The lowest BCUT2D eigenvalue weighted by Crippen LogP contribution is -2.40. The molecule has 1 saturated heterocycles. The molecule has 0 aliphatic carbocycles. The number of nitrogens with one attached hydrogen (secondary N) is 1. The molecular weight excluding hydrogens is 200 g/mol. The third kappa shape index (κ3) is 4.26. The van der Waals surface area contributed by atoms with Crippen molar-refractivity contribution in [2.75, 3.05) is 13.2 Å². The lowest BCUT2D eigenvalue weighted by Gasteiger charge is -2.11. The zero-order chi connectivity index (χ0) is 11.3. The Hall–Kier alpha value is -1.14. The van der Waals surface area contributed by atoms with E-state index in [9.17, 15) is 9.59 Å². The van der Waals surface area contributed by atoms with Gasteiger partial charge in [0, 0.05) is 6.61 Å². The first-order valence-corrected chi connectivity index (χ1v) is 4.95. The van der Waals surface area contributed by atoms with E-state index in [1.807, 2.05) is 0 Å². The second-order valence-corrected chi connectivity index (χ2v) is 3.56. The van der Waals surface area contributed by atoms with Gasteiger partial charge in [0.1, 0.15) is 6.10 Å². The molecule has 1 aliphatic rings. The predicted octanol–water partition coefficient (Wildman–Crippen LogP) is -1.48. The van der Waals surface area contributed by atoms with Gasteiger partial charge >= 0.3 is 0 Å². The molecular formula is C9H16N2O4. The standard InChI is InChI=1S/C9H16N2O4/c10-9(14)7(12)5-11-8(13)4-6-2-1-3-15-6/h6-7,12H,1-5H2,(H2,10,14)(H,11,13). The number of nitrogens with two attached hydrogens (primary N) is 1. The van der Waals surface area contributed by atoms with Crippen molar-refractivity contribution in [3.05, 3.63) is 0 Å². The molecule has 86 valence electrons. The van der Waals surface area contributed by atoms with E-state index in [1.165, 1.54) is 0 Å². The van der Waals surface area contributed by atoms with E-state index in [0.717, 1.165) is 12.8 Å². The Labute approximate surface area is 87.8 Å². The van der Waals surface area contributed by atoms with Crippen LogP contribution in [0.5, 0.6) is 0 Å². The van der Waals surface area contributed by atoms with Crippen LogP contribution in [0.2, 0.25) is 0 Å². The molecule has 0 aromatic rings. The molecule has 15 heavy (non-hydrogen) atoms. The predicted molar refractivity (Wildman–Crippen MR) is 51.8 cm³/mol. The number of hydrogen-bond acceptors (Lipinski definition) is 4. The first-order chi connectivity index (χ1) is 7.09. The van der Waals surface area contributed by atoms with E-state index >= 15 is 0 Å². The van der Waals surface area contributed by atoms with Crippen molar-refractivity contribution in [1.29, 1.82) is 0 Å². The topological polar surface area (TPSA) is 102 Å². The summed E-state index contributed by atoms with van der Waals surface area (Å²) in [6.07, 6.45) is 0.772. The zero-order valence-corrected chi connectivity index (χ0v) is 8.44. The minimum atomic E-state index is -1.32. The van der Waals surface area contributed by atoms with Crippen molar-refractivity contribution in [3.63, 3.8) is 0 Å². The fourth-order valence-corrected chi connectivity index (χ4v) is 1.40. The highest BCUT2D eigenvalue weighted by Crippen LogP contribution is 2.14. The molecule has 0 saturated carbocycles. The average molecular weight is 216 g/mol. The lowest BCUT2D eigenvalue weighted by molar-refractivity contribution is -0.127. The molecule has 4 N–H and O–H groups in total. The van der Waals surface area contributed by atoms with Crippen molar-refractivity contribution in [2.24, 2.45) is 5.73 Å². The lowest BCUT2D eigenvalue weighted by atomic mass is 10.2. The molecule has 2 amide bonds. The van der Waals surface area contributed by atoms with Gasteiger partial charge in [0.2, 0.25) is 11.8 Å². The van der Waals surface area contributed by atoms with Crippen LogP contribution in [0, 0.1) is 0 Å².